The Morgan fingerprint density at radius 3 is 2.35 bits per heavy atom. The third-order valence-electron chi connectivity index (χ3n) is 7.23. The summed E-state index contributed by atoms with van der Waals surface area (Å²) in [6, 6.07) is 15.8. The first-order valence-electron chi connectivity index (χ1n) is 13.0. The highest BCUT2D eigenvalue weighted by Crippen LogP contribution is 2.42. The Bertz CT molecular complexity index is 1290. The van der Waals surface area contributed by atoms with Crippen LogP contribution in [0, 0.1) is 5.92 Å². The second kappa shape index (κ2) is 12.4. The lowest BCUT2D eigenvalue weighted by Gasteiger charge is -2.21. The van der Waals surface area contributed by atoms with Gasteiger partial charge in [-0.25, -0.2) is 13.6 Å². The highest BCUT2D eigenvalue weighted by Gasteiger charge is 2.23. The van der Waals surface area contributed by atoms with Crippen molar-refractivity contribution < 1.29 is 17.9 Å². The Hall–Kier alpha value is -2.39. The summed E-state index contributed by atoms with van der Waals surface area (Å²) in [6.07, 6.45) is 9.25. The van der Waals surface area contributed by atoms with Gasteiger partial charge in [-0.3, -0.25) is 0 Å². The second-order valence-corrected chi connectivity index (χ2v) is 12.8. The van der Waals surface area contributed by atoms with Crippen LogP contribution in [0.1, 0.15) is 57.4 Å². The zero-order valence-electron chi connectivity index (χ0n) is 22.0. The molecule has 1 saturated carbocycles. The van der Waals surface area contributed by atoms with Gasteiger partial charge in [-0.05, 0) is 60.2 Å². The molecule has 0 amide bonds. The standard InChI is InChI=1S/C29H38N2O4S2/c1-20(16-21-10-6-4-5-7-11-21)31-19-23-12-8-9-13-24(23)25-18-28(36-29(25)37(30,32)33)22-14-15-26(34-2)27(17-22)35-3/h8-9,12-15,17-18,20-21,31H,4-7,10-11,16,19H2,1-3H3,(H2,30,32,33)/t20-/m0/s1. The number of nitrogens with two attached hydrogens (primary N) is 1. The van der Waals surface area contributed by atoms with Gasteiger partial charge in [-0.1, -0.05) is 62.8 Å². The monoisotopic (exact) mass is 542 g/mol. The van der Waals surface area contributed by atoms with E-state index in [-0.39, 0.29) is 4.21 Å². The lowest BCUT2D eigenvalue weighted by Crippen LogP contribution is -2.28. The van der Waals surface area contributed by atoms with Gasteiger partial charge in [0.25, 0.3) is 0 Å². The van der Waals surface area contributed by atoms with Crippen molar-refractivity contribution in [2.75, 3.05) is 14.2 Å². The number of hydrogen-bond acceptors (Lipinski definition) is 6. The van der Waals surface area contributed by atoms with E-state index in [1.54, 1.807) is 14.2 Å². The number of rotatable bonds is 10. The van der Waals surface area contributed by atoms with Crippen molar-refractivity contribution >= 4 is 21.4 Å². The summed E-state index contributed by atoms with van der Waals surface area (Å²) < 4.78 is 36.3. The molecule has 1 heterocycles. The number of ether oxygens (including phenoxy) is 2. The zero-order valence-corrected chi connectivity index (χ0v) is 23.6. The summed E-state index contributed by atoms with van der Waals surface area (Å²) in [4.78, 5) is 0.796. The fraction of sp³-hybridized carbons (Fsp3) is 0.448. The molecule has 8 heteroatoms. The lowest BCUT2D eigenvalue weighted by atomic mass is 9.93. The molecule has 1 aromatic heterocycles. The van der Waals surface area contributed by atoms with E-state index in [1.165, 1.54) is 56.3 Å². The number of hydrogen-bond donors (Lipinski definition) is 2. The summed E-state index contributed by atoms with van der Waals surface area (Å²) in [7, 11) is -0.760. The largest absolute Gasteiger partial charge is 0.493 e. The molecule has 3 aromatic rings. The number of benzene rings is 2. The molecule has 2 aromatic carbocycles. The predicted molar refractivity (Wildman–Crippen MR) is 152 cm³/mol. The third-order valence-corrected chi connectivity index (χ3v) is 9.90. The van der Waals surface area contributed by atoms with Crippen LogP contribution >= 0.6 is 11.3 Å². The van der Waals surface area contributed by atoms with Crippen LogP contribution in [0.4, 0.5) is 0 Å². The molecule has 0 unspecified atom stereocenters. The van der Waals surface area contributed by atoms with Crippen LogP contribution in [0.3, 0.4) is 0 Å². The predicted octanol–water partition coefficient (Wildman–Crippen LogP) is 6.59. The van der Waals surface area contributed by atoms with Crippen LogP contribution in [-0.4, -0.2) is 28.7 Å². The first kappa shape index (κ1) is 27.6. The van der Waals surface area contributed by atoms with Gasteiger partial charge in [-0.15, -0.1) is 11.3 Å². The van der Waals surface area contributed by atoms with Gasteiger partial charge in [0.05, 0.1) is 14.2 Å². The van der Waals surface area contributed by atoms with Crippen molar-refractivity contribution in [2.45, 2.75) is 68.7 Å². The van der Waals surface area contributed by atoms with Crippen molar-refractivity contribution in [3.63, 3.8) is 0 Å². The average molecular weight is 543 g/mol. The van der Waals surface area contributed by atoms with Gasteiger partial charge in [-0.2, -0.15) is 0 Å². The third kappa shape index (κ3) is 6.93. The van der Waals surface area contributed by atoms with E-state index >= 15 is 0 Å². The van der Waals surface area contributed by atoms with E-state index < -0.39 is 10.0 Å². The van der Waals surface area contributed by atoms with Crippen molar-refractivity contribution in [2.24, 2.45) is 11.1 Å². The molecule has 1 aliphatic rings. The molecular formula is C29H38N2O4S2. The van der Waals surface area contributed by atoms with E-state index in [9.17, 15) is 8.42 Å². The van der Waals surface area contributed by atoms with Crippen LogP contribution < -0.4 is 19.9 Å². The fourth-order valence-corrected chi connectivity index (χ4v) is 7.42. The minimum Gasteiger partial charge on any atom is -0.493 e. The minimum absolute atomic E-state index is 0.163. The first-order valence-corrected chi connectivity index (χ1v) is 15.4. The molecule has 200 valence electrons. The topological polar surface area (TPSA) is 90.6 Å². The van der Waals surface area contributed by atoms with Crippen LogP contribution in [0.5, 0.6) is 11.5 Å². The Balaban J connectivity index is 1.61. The van der Waals surface area contributed by atoms with E-state index in [4.69, 9.17) is 14.6 Å². The summed E-state index contributed by atoms with van der Waals surface area (Å²) in [5.41, 5.74) is 3.40. The molecule has 0 aliphatic heterocycles. The molecule has 1 atom stereocenters. The molecule has 0 saturated heterocycles. The summed E-state index contributed by atoms with van der Waals surface area (Å²) in [6.45, 7) is 2.92. The van der Waals surface area contributed by atoms with Gasteiger partial charge in [0.2, 0.25) is 10.0 Å². The van der Waals surface area contributed by atoms with E-state index in [0.29, 0.717) is 29.6 Å². The van der Waals surface area contributed by atoms with Crippen LogP contribution in [0.2, 0.25) is 0 Å². The SMILES string of the molecule is COc1ccc(-c2cc(-c3ccccc3CN[C@@H](C)CC3CCCCCC3)c(S(N)(=O)=O)s2)cc1OC. The van der Waals surface area contributed by atoms with E-state index in [1.807, 2.05) is 42.5 Å². The van der Waals surface area contributed by atoms with Crippen LogP contribution in [0.25, 0.3) is 21.6 Å². The Morgan fingerprint density at radius 2 is 1.68 bits per heavy atom. The molecule has 1 fully saturated rings. The zero-order chi connectivity index (χ0) is 26.4. The molecule has 4 rings (SSSR count). The maximum atomic E-state index is 12.6. The molecule has 0 bridgehead atoms. The van der Waals surface area contributed by atoms with Gasteiger partial charge < -0.3 is 14.8 Å². The number of methoxy groups -OCH3 is 2. The lowest BCUT2D eigenvalue weighted by molar-refractivity contribution is 0.355. The molecule has 37 heavy (non-hydrogen) atoms. The summed E-state index contributed by atoms with van der Waals surface area (Å²) >= 11 is 1.18. The molecule has 6 nitrogen and oxygen atoms in total. The molecular weight excluding hydrogens is 504 g/mol. The average Bonchev–Trinajstić information content (AvgIpc) is 3.20. The second-order valence-electron chi connectivity index (χ2n) is 9.96. The first-order chi connectivity index (χ1) is 17.8. The Kier molecular flexibility index (Phi) is 9.29. The quantitative estimate of drug-likeness (QED) is 0.282. The van der Waals surface area contributed by atoms with Crippen LogP contribution in [0.15, 0.2) is 52.7 Å². The highest BCUT2D eigenvalue weighted by molar-refractivity contribution is 7.91. The number of thiophene rings is 1. The molecule has 0 radical (unpaired) electrons. The summed E-state index contributed by atoms with van der Waals surface area (Å²) in [5, 5.41) is 9.39. The fourth-order valence-electron chi connectivity index (χ4n) is 5.31. The Labute approximate surface area is 225 Å². The van der Waals surface area contributed by atoms with Gasteiger partial charge in [0.15, 0.2) is 11.5 Å². The normalized spacial score (nSPS) is 15.8. The molecule has 3 N–H and O–H groups in total. The van der Waals surface area contributed by atoms with E-state index in [0.717, 1.165) is 27.5 Å². The molecule has 1 aliphatic carbocycles. The van der Waals surface area contributed by atoms with Crippen molar-refractivity contribution in [1.29, 1.82) is 0 Å². The van der Waals surface area contributed by atoms with Crippen LogP contribution in [-0.2, 0) is 16.6 Å². The van der Waals surface area contributed by atoms with Crippen molar-refractivity contribution in [3.8, 4) is 33.1 Å². The van der Waals surface area contributed by atoms with Gasteiger partial charge in [0.1, 0.15) is 4.21 Å². The number of primary sulfonamides is 1. The Morgan fingerprint density at radius 1 is 0.973 bits per heavy atom. The smallest absolute Gasteiger partial charge is 0.248 e. The number of sulfonamides is 1. The summed E-state index contributed by atoms with van der Waals surface area (Å²) in [5.74, 6) is 1.98. The maximum absolute atomic E-state index is 12.6. The minimum atomic E-state index is -3.93. The number of nitrogens with one attached hydrogen (secondary N) is 1. The maximum Gasteiger partial charge on any atom is 0.248 e. The van der Waals surface area contributed by atoms with Crippen molar-refractivity contribution in [1.82, 2.24) is 5.32 Å². The highest BCUT2D eigenvalue weighted by atomic mass is 32.2. The van der Waals surface area contributed by atoms with Crippen molar-refractivity contribution in [3.05, 3.63) is 54.1 Å². The molecule has 0 spiro atoms. The van der Waals surface area contributed by atoms with Gasteiger partial charge >= 0.3 is 0 Å². The van der Waals surface area contributed by atoms with Gasteiger partial charge in [0, 0.05) is 23.0 Å². The van der Waals surface area contributed by atoms with E-state index in [2.05, 4.69) is 18.3 Å².